The van der Waals surface area contributed by atoms with Crippen molar-refractivity contribution in [1.29, 1.82) is 0 Å². The molecular weight excluding hydrogens is 202 g/mol. The molecule has 0 saturated heterocycles. The number of hydroxylamine groups is 2. The quantitative estimate of drug-likeness (QED) is 0.354. The lowest BCUT2D eigenvalue weighted by atomic mass is 10.2. The molecule has 0 atom stereocenters. The normalized spacial score (nSPS) is 12.2. The number of nitrogens with zero attached hydrogens (tertiary/aromatic N) is 3. The van der Waals surface area contributed by atoms with Gasteiger partial charge >= 0.3 is 0 Å². The van der Waals surface area contributed by atoms with Gasteiger partial charge in [0.25, 0.3) is 0 Å². The van der Waals surface area contributed by atoms with Crippen LogP contribution in [0.15, 0.2) is 9.98 Å². The van der Waals surface area contributed by atoms with Crippen LogP contribution in [-0.4, -0.2) is 48.9 Å². The molecule has 16 heavy (non-hydrogen) atoms. The van der Waals surface area contributed by atoms with Crippen molar-refractivity contribution in [3.8, 4) is 0 Å². The molecule has 0 bridgehead atoms. The van der Waals surface area contributed by atoms with E-state index in [4.69, 9.17) is 0 Å². The highest BCUT2D eigenvalue weighted by atomic mass is 16.5. The number of rotatable bonds is 10. The van der Waals surface area contributed by atoms with Crippen LogP contribution in [0.5, 0.6) is 0 Å². The van der Waals surface area contributed by atoms with E-state index >= 15 is 0 Å². The van der Waals surface area contributed by atoms with Crippen LogP contribution in [0.3, 0.4) is 0 Å². The zero-order chi connectivity index (χ0) is 12.1. The number of unbranched alkanes of at least 4 members (excludes halogenated alkanes) is 2. The molecular formula is C12H25N3O. The molecule has 4 heteroatoms. The van der Waals surface area contributed by atoms with E-state index in [0.717, 1.165) is 25.9 Å². The van der Waals surface area contributed by atoms with E-state index in [1.54, 1.807) is 12.4 Å². The Balaban J connectivity index is 3.35. The fourth-order valence-electron chi connectivity index (χ4n) is 1.20. The molecule has 0 rings (SSSR count). The fourth-order valence-corrected chi connectivity index (χ4v) is 1.20. The summed E-state index contributed by atoms with van der Waals surface area (Å²) in [5.41, 5.74) is 0. The van der Waals surface area contributed by atoms with E-state index in [2.05, 4.69) is 23.8 Å². The highest BCUT2D eigenvalue weighted by Crippen LogP contribution is 1.95. The molecule has 0 aromatic rings. The van der Waals surface area contributed by atoms with Crippen LogP contribution in [0.25, 0.3) is 0 Å². The first kappa shape index (κ1) is 15.3. The summed E-state index contributed by atoms with van der Waals surface area (Å²) in [5.74, 6) is 0. The molecule has 0 amide bonds. The summed E-state index contributed by atoms with van der Waals surface area (Å²) >= 11 is 0. The van der Waals surface area contributed by atoms with Gasteiger partial charge in [0.1, 0.15) is 0 Å². The minimum Gasteiger partial charge on any atom is -0.314 e. The summed E-state index contributed by atoms with van der Waals surface area (Å²) in [6.07, 6.45) is 7.89. The van der Waals surface area contributed by atoms with Crippen molar-refractivity contribution in [3.05, 3.63) is 0 Å². The Hall–Kier alpha value is -0.740. The van der Waals surface area contributed by atoms with Crippen LogP contribution >= 0.6 is 0 Å². The van der Waals surface area contributed by atoms with Crippen molar-refractivity contribution in [2.24, 2.45) is 9.98 Å². The summed E-state index contributed by atoms with van der Waals surface area (Å²) in [6.45, 7) is 7.07. The fraction of sp³-hybridized carbons (Fsp3) is 0.833. The summed E-state index contributed by atoms with van der Waals surface area (Å²) in [5, 5.41) is 10.8. The topological polar surface area (TPSA) is 48.2 Å². The second kappa shape index (κ2) is 12.3. The Bertz CT molecular complexity index is 193. The Labute approximate surface area is 99.1 Å². The average molecular weight is 227 g/mol. The summed E-state index contributed by atoms with van der Waals surface area (Å²) < 4.78 is 0. The third-order valence-electron chi connectivity index (χ3n) is 2.14. The second-order valence-electron chi connectivity index (χ2n) is 3.77. The minimum absolute atomic E-state index is 0.599. The first-order valence-corrected chi connectivity index (χ1v) is 6.23. The molecule has 0 heterocycles. The van der Waals surface area contributed by atoms with E-state index in [1.165, 1.54) is 17.9 Å². The molecule has 0 aliphatic carbocycles. The zero-order valence-corrected chi connectivity index (χ0v) is 10.6. The van der Waals surface area contributed by atoms with E-state index < -0.39 is 0 Å². The average Bonchev–Trinajstić information content (AvgIpc) is 2.28. The van der Waals surface area contributed by atoms with Crippen molar-refractivity contribution in [2.45, 2.75) is 39.5 Å². The van der Waals surface area contributed by atoms with Crippen LogP contribution in [0.4, 0.5) is 0 Å². The Kier molecular flexibility index (Phi) is 11.8. The monoisotopic (exact) mass is 227 g/mol. The van der Waals surface area contributed by atoms with E-state index in [9.17, 15) is 5.21 Å². The van der Waals surface area contributed by atoms with Crippen molar-refractivity contribution >= 4 is 12.4 Å². The molecule has 94 valence electrons. The lowest BCUT2D eigenvalue weighted by Gasteiger charge is -2.12. The second-order valence-corrected chi connectivity index (χ2v) is 3.77. The van der Waals surface area contributed by atoms with Crippen LogP contribution in [-0.2, 0) is 0 Å². The van der Waals surface area contributed by atoms with Gasteiger partial charge < -0.3 is 5.21 Å². The molecule has 0 aliphatic rings. The van der Waals surface area contributed by atoms with Gasteiger partial charge in [-0.3, -0.25) is 9.98 Å². The molecule has 0 saturated carbocycles. The Morgan fingerprint density at radius 1 is 0.938 bits per heavy atom. The highest BCUT2D eigenvalue weighted by molar-refractivity contribution is 6.15. The molecule has 1 N–H and O–H groups in total. The van der Waals surface area contributed by atoms with Gasteiger partial charge in [0, 0.05) is 32.1 Å². The Morgan fingerprint density at radius 2 is 1.62 bits per heavy atom. The van der Waals surface area contributed by atoms with Gasteiger partial charge in [-0.1, -0.05) is 26.7 Å². The molecule has 0 radical (unpaired) electrons. The van der Waals surface area contributed by atoms with Gasteiger partial charge in [-0.2, -0.15) is 5.06 Å². The van der Waals surface area contributed by atoms with E-state index in [1.807, 2.05) is 0 Å². The predicted octanol–water partition coefficient (Wildman–Crippen LogP) is 2.42. The third kappa shape index (κ3) is 11.3. The van der Waals surface area contributed by atoms with Crippen molar-refractivity contribution in [2.75, 3.05) is 26.2 Å². The van der Waals surface area contributed by atoms with E-state index in [0.29, 0.717) is 13.1 Å². The molecule has 0 fully saturated rings. The first-order valence-electron chi connectivity index (χ1n) is 6.23. The minimum atomic E-state index is 0.599. The maximum atomic E-state index is 9.44. The van der Waals surface area contributed by atoms with Gasteiger partial charge in [0.2, 0.25) is 0 Å². The lowest BCUT2D eigenvalue weighted by molar-refractivity contribution is -0.0885. The molecule has 4 nitrogen and oxygen atoms in total. The molecule has 0 aromatic heterocycles. The van der Waals surface area contributed by atoms with Crippen molar-refractivity contribution in [3.63, 3.8) is 0 Å². The van der Waals surface area contributed by atoms with Gasteiger partial charge in [-0.05, 0) is 12.8 Å². The number of aliphatic imine (C=N–C) groups is 2. The highest BCUT2D eigenvalue weighted by Gasteiger charge is 1.97. The Morgan fingerprint density at radius 3 is 2.25 bits per heavy atom. The molecule has 0 spiro atoms. The molecule has 0 aliphatic heterocycles. The standard InChI is InChI=1S/C12H25N3O/c1-3-5-6-11-15(16)12-10-14-9-8-13-7-4-2/h8-9,16H,3-7,10-12H2,1-2H3/b13-8+,14-9+. The van der Waals surface area contributed by atoms with Gasteiger partial charge in [0.15, 0.2) is 0 Å². The summed E-state index contributed by atoms with van der Waals surface area (Å²) in [7, 11) is 0. The first-order chi connectivity index (χ1) is 7.81. The summed E-state index contributed by atoms with van der Waals surface area (Å²) in [6, 6.07) is 0. The maximum absolute atomic E-state index is 9.44. The van der Waals surface area contributed by atoms with Crippen LogP contribution in [0.2, 0.25) is 0 Å². The molecule has 0 aromatic carbocycles. The summed E-state index contributed by atoms with van der Waals surface area (Å²) in [4.78, 5) is 8.25. The van der Waals surface area contributed by atoms with Crippen LogP contribution < -0.4 is 0 Å². The van der Waals surface area contributed by atoms with Crippen LogP contribution in [0, 0.1) is 0 Å². The predicted molar refractivity (Wildman–Crippen MR) is 69.9 cm³/mol. The lowest BCUT2D eigenvalue weighted by Crippen LogP contribution is -2.23. The SMILES string of the molecule is CCCCCN(O)CC/N=C/C=N/CCC. The zero-order valence-electron chi connectivity index (χ0n) is 10.6. The smallest absolute Gasteiger partial charge is 0.0540 e. The van der Waals surface area contributed by atoms with Crippen molar-refractivity contribution < 1.29 is 5.21 Å². The molecule has 0 unspecified atom stereocenters. The number of hydrogen-bond acceptors (Lipinski definition) is 4. The van der Waals surface area contributed by atoms with Gasteiger partial charge in [0.05, 0.1) is 6.54 Å². The van der Waals surface area contributed by atoms with Crippen LogP contribution in [0.1, 0.15) is 39.5 Å². The number of hydrogen-bond donors (Lipinski definition) is 1. The van der Waals surface area contributed by atoms with E-state index in [-0.39, 0.29) is 0 Å². The van der Waals surface area contributed by atoms with Crippen molar-refractivity contribution in [1.82, 2.24) is 5.06 Å². The maximum Gasteiger partial charge on any atom is 0.0540 e. The third-order valence-corrected chi connectivity index (χ3v) is 2.14. The largest absolute Gasteiger partial charge is 0.314 e. The van der Waals surface area contributed by atoms with Gasteiger partial charge in [-0.15, -0.1) is 0 Å². The van der Waals surface area contributed by atoms with Gasteiger partial charge in [-0.25, -0.2) is 0 Å².